The monoisotopic (exact) mass is 245 g/mol. The maximum Gasteiger partial charge on any atom is 0.329 e. The van der Waals surface area contributed by atoms with Gasteiger partial charge in [0.1, 0.15) is 6.04 Å². The third kappa shape index (κ3) is 5.86. The van der Waals surface area contributed by atoms with Crippen molar-refractivity contribution in [3.8, 4) is 0 Å². The molecule has 17 heavy (non-hydrogen) atoms. The van der Waals surface area contributed by atoms with Crippen LogP contribution in [0, 0.1) is 0 Å². The van der Waals surface area contributed by atoms with E-state index in [1.54, 1.807) is 6.92 Å². The summed E-state index contributed by atoms with van der Waals surface area (Å²) in [6.45, 7) is 3.08. The minimum absolute atomic E-state index is 0.126. The van der Waals surface area contributed by atoms with E-state index in [0.717, 1.165) is 0 Å². The Morgan fingerprint density at radius 1 is 1.29 bits per heavy atom. The molecule has 0 saturated heterocycles. The molecular weight excluding hydrogens is 226 g/mol. The summed E-state index contributed by atoms with van der Waals surface area (Å²) in [6.07, 6.45) is 0. The predicted octanol–water partition coefficient (Wildman–Crippen LogP) is -1.61. The summed E-state index contributed by atoms with van der Waals surface area (Å²) in [5, 5.41) is 7.73. The van der Waals surface area contributed by atoms with Crippen molar-refractivity contribution in [3.05, 3.63) is 0 Å². The van der Waals surface area contributed by atoms with Gasteiger partial charge in [0, 0.05) is 20.5 Å². The minimum atomic E-state index is -0.801. The van der Waals surface area contributed by atoms with Crippen molar-refractivity contribution in [1.29, 1.82) is 0 Å². The Balaban J connectivity index is 4.30. The van der Waals surface area contributed by atoms with Gasteiger partial charge in [0.05, 0.1) is 13.2 Å². The maximum atomic E-state index is 11.3. The lowest BCUT2D eigenvalue weighted by Gasteiger charge is -2.18. The first kappa shape index (κ1) is 15.4. The van der Waals surface area contributed by atoms with Crippen LogP contribution in [0.1, 0.15) is 13.8 Å². The number of ether oxygens (including phenoxy) is 1. The first-order valence-corrected chi connectivity index (χ1v) is 5.22. The normalized spacial score (nSPS) is 13.4. The lowest BCUT2D eigenvalue weighted by molar-refractivity contribution is -0.144. The number of likely N-dealkylation sites (N-methyl/N-ethyl adjacent to an activating group) is 1. The quantitative estimate of drug-likeness (QED) is 0.489. The topological polar surface area (TPSA) is 96.5 Å². The first-order chi connectivity index (χ1) is 7.92. The summed E-state index contributed by atoms with van der Waals surface area (Å²) in [5.74, 6) is -1.09. The van der Waals surface area contributed by atoms with E-state index in [9.17, 15) is 14.4 Å². The third-order valence-corrected chi connectivity index (χ3v) is 2.13. The van der Waals surface area contributed by atoms with Gasteiger partial charge < -0.3 is 20.7 Å². The molecular formula is C10H19N3O4. The molecule has 0 aromatic carbocycles. The smallest absolute Gasteiger partial charge is 0.329 e. The zero-order valence-electron chi connectivity index (χ0n) is 10.5. The van der Waals surface area contributed by atoms with E-state index in [0.29, 0.717) is 0 Å². The molecule has 3 N–H and O–H groups in total. The number of esters is 1. The van der Waals surface area contributed by atoms with Crippen LogP contribution in [0.4, 0.5) is 0 Å². The van der Waals surface area contributed by atoms with E-state index >= 15 is 0 Å². The lowest BCUT2D eigenvalue weighted by Crippen LogP contribution is -2.51. The fourth-order valence-corrected chi connectivity index (χ4v) is 1.18. The van der Waals surface area contributed by atoms with Gasteiger partial charge in [-0.15, -0.1) is 0 Å². The molecule has 0 heterocycles. The van der Waals surface area contributed by atoms with Gasteiger partial charge in [-0.1, -0.05) is 0 Å². The number of amides is 2. The molecule has 0 aliphatic heterocycles. The molecule has 2 amide bonds. The highest BCUT2D eigenvalue weighted by Gasteiger charge is 2.21. The number of hydrogen-bond acceptors (Lipinski definition) is 5. The second-order valence-electron chi connectivity index (χ2n) is 3.52. The van der Waals surface area contributed by atoms with Gasteiger partial charge in [0.2, 0.25) is 11.8 Å². The Morgan fingerprint density at radius 3 is 2.29 bits per heavy atom. The molecule has 0 radical (unpaired) electrons. The van der Waals surface area contributed by atoms with Crippen LogP contribution < -0.4 is 16.0 Å². The molecule has 0 fully saturated rings. The molecule has 98 valence electrons. The molecule has 2 atom stereocenters. The molecule has 0 aromatic heterocycles. The van der Waals surface area contributed by atoms with Crippen molar-refractivity contribution >= 4 is 17.8 Å². The van der Waals surface area contributed by atoms with Gasteiger partial charge in [-0.25, -0.2) is 4.79 Å². The zero-order chi connectivity index (χ0) is 13.4. The van der Waals surface area contributed by atoms with Crippen molar-refractivity contribution < 1.29 is 19.1 Å². The van der Waals surface area contributed by atoms with Crippen LogP contribution in [0.5, 0.6) is 0 Å². The average Bonchev–Trinajstić information content (AvgIpc) is 2.31. The van der Waals surface area contributed by atoms with E-state index in [4.69, 9.17) is 0 Å². The molecule has 0 aliphatic rings. The largest absolute Gasteiger partial charge is 0.467 e. The van der Waals surface area contributed by atoms with Crippen LogP contribution in [0.15, 0.2) is 0 Å². The number of rotatable bonds is 6. The first-order valence-electron chi connectivity index (χ1n) is 5.22. The van der Waals surface area contributed by atoms with Crippen molar-refractivity contribution in [3.63, 3.8) is 0 Å². The third-order valence-electron chi connectivity index (χ3n) is 2.13. The van der Waals surface area contributed by atoms with Crippen LogP contribution in [0.3, 0.4) is 0 Å². The van der Waals surface area contributed by atoms with Crippen LogP contribution >= 0.6 is 0 Å². The van der Waals surface area contributed by atoms with Gasteiger partial charge in [-0.3, -0.25) is 9.59 Å². The summed E-state index contributed by atoms with van der Waals surface area (Å²) in [5.41, 5.74) is 0. The Morgan fingerprint density at radius 2 is 1.88 bits per heavy atom. The summed E-state index contributed by atoms with van der Waals surface area (Å²) in [7, 11) is 2.76. The number of nitrogens with one attached hydrogen (secondary N) is 3. The zero-order valence-corrected chi connectivity index (χ0v) is 10.5. The minimum Gasteiger partial charge on any atom is -0.467 e. The second-order valence-corrected chi connectivity index (χ2v) is 3.52. The lowest BCUT2D eigenvalue weighted by atomic mass is 10.2. The van der Waals surface area contributed by atoms with Crippen molar-refractivity contribution in [2.24, 2.45) is 0 Å². The highest BCUT2D eigenvalue weighted by Crippen LogP contribution is 1.89. The highest BCUT2D eigenvalue weighted by molar-refractivity contribution is 5.84. The Hall–Kier alpha value is -1.63. The van der Waals surface area contributed by atoms with E-state index in [1.807, 2.05) is 0 Å². The molecule has 0 aromatic rings. The standard InChI is InChI=1S/C10H19N3O4/c1-6(9(15)11-3)12-5-8(10(16)17-4)13-7(2)14/h6,8,12H,5H2,1-4H3,(H,11,15)(H,13,14). The number of carbonyl (C=O) groups is 3. The van der Waals surface area contributed by atoms with Crippen LogP contribution in [0.2, 0.25) is 0 Å². The second kappa shape index (κ2) is 7.61. The van der Waals surface area contributed by atoms with E-state index in [1.165, 1.54) is 21.1 Å². The summed E-state index contributed by atoms with van der Waals surface area (Å²) >= 11 is 0. The summed E-state index contributed by atoms with van der Waals surface area (Å²) in [4.78, 5) is 33.4. The van der Waals surface area contributed by atoms with Crippen molar-refractivity contribution in [1.82, 2.24) is 16.0 Å². The van der Waals surface area contributed by atoms with Crippen LogP contribution in [-0.4, -0.2) is 50.6 Å². The number of carbonyl (C=O) groups excluding carboxylic acids is 3. The van der Waals surface area contributed by atoms with E-state index < -0.39 is 18.1 Å². The fourth-order valence-electron chi connectivity index (χ4n) is 1.18. The van der Waals surface area contributed by atoms with E-state index in [2.05, 4.69) is 20.7 Å². The van der Waals surface area contributed by atoms with Gasteiger partial charge >= 0.3 is 5.97 Å². The molecule has 0 bridgehead atoms. The molecule has 0 rings (SSSR count). The Kier molecular flexibility index (Phi) is 6.88. The highest BCUT2D eigenvalue weighted by atomic mass is 16.5. The Labute approximate surface area is 100 Å². The van der Waals surface area contributed by atoms with Gasteiger partial charge in [-0.2, -0.15) is 0 Å². The summed E-state index contributed by atoms with van der Waals surface area (Å²) < 4.78 is 4.54. The van der Waals surface area contributed by atoms with Gasteiger partial charge in [0.15, 0.2) is 0 Å². The van der Waals surface area contributed by atoms with E-state index in [-0.39, 0.29) is 18.4 Å². The SMILES string of the molecule is CNC(=O)C(C)NCC(NC(C)=O)C(=O)OC. The molecule has 0 saturated carbocycles. The summed E-state index contributed by atoms with van der Waals surface area (Å²) in [6, 6.07) is -1.26. The van der Waals surface area contributed by atoms with Gasteiger partial charge in [0.25, 0.3) is 0 Å². The predicted molar refractivity (Wildman–Crippen MR) is 61.2 cm³/mol. The van der Waals surface area contributed by atoms with Crippen LogP contribution in [-0.2, 0) is 19.1 Å². The molecule has 0 spiro atoms. The average molecular weight is 245 g/mol. The Bertz CT molecular complexity index is 293. The number of methoxy groups -OCH3 is 1. The molecule has 7 nitrogen and oxygen atoms in total. The van der Waals surface area contributed by atoms with Crippen LogP contribution in [0.25, 0.3) is 0 Å². The fraction of sp³-hybridized carbons (Fsp3) is 0.700. The van der Waals surface area contributed by atoms with Gasteiger partial charge in [-0.05, 0) is 6.92 Å². The molecule has 7 heteroatoms. The van der Waals surface area contributed by atoms with Crippen molar-refractivity contribution in [2.75, 3.05) is 20.7 Å². The maximum absolute atomic E-state index is 11.3. The number of hydrogen-bond donors (Lipinski definition) is 3. The van der Waals surface area contributed by atoms with Crippen molar-refractivity contribution in [2.45, 2.75) is 25.9 Å². The molecule has 2 unspecified atom stereocenters. The molecule has 0 aliphatic carbocycles.